The maximum absolute atomic E-state index is 3.65. The Morgan fingerprint density at radius 3 is 2.10 bits per heavy atom. The highest BCUT2D eigenvalue weighted by Crippen LogP contribution is 2.20. The van der Waals surface area contributed by atoms with E-state index in [0.717, 1.165) is 12.1 Å². The zero-order valence-corrected chi connectivity index (χ0v) is 6.40. The standard InChI is InChI=1S/C8H16N2/c1-2-7(1)10-8-3-5-9-6-4-8/h7-10H,1-6H2. The van der Waals surface area contributed by atoms with Crippen LogP contribution < -0.4 is 10.6 Å². The lowest BCUT2D eigenvalue weighted by atomic mass is 10.1. The Balaban J connectivity index is 1.69. The Bertz CT molecular complexity index is 104. The van der Waals surface area contributed by atoms with Crippen LogP contribution in [0.4, 0.5) is 0 Å². The van der Waals surface area contributed by atoms with Gasteiger partial charge in [-0.15, -0.1) is 0 Å². The van der Waals surface area contributed by atoms with Crippen LogP contribution in [0.3, 0.4) is 0 Å². The van der Waals surface area contributed by atoms with Crippen LogP contribution in [0.25, 0.3) is 0 Å². The molecular formula is C8H16N2. The molecule has 1 saturated carbocycles. The highest BCUT2D eigenvalue weighted by molar-refractivity contribution is 4.86. The van der Waals surface area contributed by atoms with Crippen LogP contribution >= 0.6 is 0 Å². The van der Waals surface area contributed by atoms with E-state index in [9.17, 15) is 0 Å². The van der Waals surface area contributed by atoms with Gasteiger partial charge in [0.05, 0.1) is 0 Å². The molecule has 58 valence electrons. The summed E-state index contributed by atoms with van der Waals surface area (Å²) in [5.41, 5.74) is 0. The van der Waals surface area contributed by atoms with Gasteiger partial charge in [0, 0.05) is 12.1 Å². The molecule has 1 heterocycles. The monoisotopic (exact) mass is 140 g/mol. The summed E-state index contributed by atoms with van der Waals surface area (Å²) in [5.74, 6) is 0. The summed E-state index contributed by atoms with van der Waals surface area (Å²) in [6.45, 7) is 2.43. The summed E-state index contributed by atoms with van der Waals surface area (Å²) >= 11 is 0. The molecule has 2 fully saturated rings. The Morgan fingerprint density at radius 2 is 1.50 bits per heavy atom. The number of piperidine rings is 1. The van der Waals surface area contributed by atoms with Crippen LogP contribution in [0, 0.1) is 0 Å². The zero-order chi connectivity index (χ0) is 6.81. The van der Waals surface area contributed by atoms with E-state index in [2.05, 4.69) is 10.6 Å². The third-order valence-electron chi connectivity index (χ3n) is 2.39. The second-order valence-corrected chi connectivity index (χ2v) is 3.47. The van der Waals surface area contributed by atoms with Gasteiger partial charge in [0.1, 0.15) is 0 Å². The molecule has 2 rings (SSSR count). The van der Waals surface area contributed by atoms with E-state index in [0.29, 0.717) is 0 Å². The topological polar surface area (TPSA) is 24.1 Å². The van der Waals surface area contributed by atoms with Crippen LogP contribution in [0.1, 0.15) is 25.7 Å². The number of hydrogen-bond donors (Lipinski definition) is 2. The van der Waals surface area contributed by atoms with Crippen LogP contribution in [0.15, 0.2) is 0 Å². The van der Waals surface area contributed by atoms with Crippen LogP contribution in [-0.4, -0.2) is 25.2 Å². The van der Waals surface area contributed by atoms with Crippen molar-refractivity contribution in [1.29, 1.82) is 0 Å². The molecule has 0 amide bonds. The van der Waals surface area contributed by atoms with Gasteiger partial charge >= 0.3 is 0 Å². The quantitative estimate of drug-likeness (QED) is 0.583. The molecule has 0 unspecified atom stereocenters. The third-order valence-corrected chi connectivity index (χ3v) is 2.39. The van der Waals surface area contributed by atoms with Crippen LogP contribution in [-0.2, 0) is 0 Å². The van der Waals surface area contributed by atoms with E-state index >= 15 is 0 Å². The molecule has 0 spiro atoms. The first-order chi connectivity index (χ1) is 4.95. The Hall–Kier alpha value is -0.0800. The van der Waals surface area contributed by atoms with Crippen molar-refractivity contribution in [3.63, 3.8) is 0 Å². The van der Waals surface area contributed by atoms with Crippen LogP contribution in [0.2, 0.25) is 0 Å². The molecule has 0 aromatic carbocycles. The summed E-state index contributed by atoms with van der Waals surface area (Å²) in [6, 6.07) is 1.72. The molecule has 2 nitrogen and oxygen atoms in total. The maximum Gasteiger partial charge on any atom is 0.00938 e. The molecule has 2 aliphatic rings. The van der Waals surface area contributed by atoms with Crippen molar-refractivity contribution in [1.82, 2.24) is 10.6 Å². The Labute approximate surface area is 62.4 Å². The summed E-state index contributed by atoms with van der Waals surface area (Å²) in [6.07, 6.45) is 5.50. The fourth-order valence-corrected chi connectivity index (χ4v) is 1.57. The van der Waals surface area contributed by atoms with Crippen molar-refractivity contribution in [3.05, 3.63) is 0 Å². The molecule has 2 heteroatoms. The van der Waals surface area contributed by atoms with Gasteiger partial charge in [-0.2, -0.15) is 0 Å². The first-order valence-electron chi connectivity index (χ1n) is 4.42. The minimum Gasteiger partial charge on any atom is -0.317 e. The van der Waals surface area contributed by atoms with E-state index in [1.165, 1.54) is 38.8 Å². The van der Waals surface area contributed by atoms with E-state index in [-0.39, 0.29) is 0 Å². The summed E-state index contributed by atoms with van der Waals surface area (Å²) in [7, 11) is 0. The first kappa shape index (κ1) is 6.62. The molecule has 1 aliphatic carbocycles. The lowest BCUT2D eigenvalue weighted by Gasteiger charge is -2.23. The van der Waals surface area contributed by atoms with Gasteiger partial charge in [-0.1, -0.05) is 0 Å². The SMILES string of the molecule is C1CC(NC2CC2)CCN1. The minimum atomic E-state index is 0.828. The second-order valence-electron chi connectivity index (χ2n) is 3.47. The lowest BCUT2D eigenvalue weighted by Crippen LogP contribution is -2.40. The molecule has 1 aliphatic heterocycles. The smallest absolute Gasteiger partial charge is 0.00938 e. The van der Waals surface area contributed by atoms with Crippen molar-refractivity contribution >= 4 is 0 Å². The largest absolute Gasteiger partial charge is 0.317 e. The van der Waals surface area contributed by atoms with E-state index < -0.39 is 0 Å². The maximum atomic E-state index is 3.65. The van der Waals surface area contributed by atoms with Gasteiger partial charge in [-0.3, -0.25) is 0 Å². The Morgan fingerprint density at radius 1 is 0.900 bits per heavy atom. The third kappa shape index (κ3) is 1.70. The minimum absolute atomic E-state index is 0.828. The van der Waals surface area contributed by atoms with Gasteiger partial charge in [0.15, 0.2) is 0 Å². The molecule has 1 saturated heterocycles. The molecular weight excluding hydrogens is 124 g/mol. The average molecular weight is 140 g/mol. The Kier molecular flexibility index (Phi) is 1.91. The molecule has 0 aromatic heterocycles. The van der Waals surface area contributed by atoms with Crippen molar-refractivity contribution < 1.29 is 0 Å². The first-order valence-corrected chi connectivity index (χ1v) is 4.42. The van der Waals surface area contributed by atoms with E-state index in [4.69, 9.17) is 0 Å². The van der Waals surface area contributed by atoms with Crippen molar-refractivity contribution in [2.75, 3.05) is 13.1 Å². The average Bonchev–Trinajstić information content (AvgIpc) is 2.74. The summed E-state index contributed by atoms with van der Waals surface area (Å²) in [5, 5.41) is 7.02. The molecule has 0 aromatic rings. The van der Waals surface area contributed by atoms with Crippen LogP contribution in [0.5, 0.6) is 0 Å². The number of nitrogens with one attached hydrogen (secondary N) is 2. The van der Waals surface area contributed by atoms with Gasteiger partial charge < -0.3 is 10.6 Å². The molecule has 2 N–H and O–H groups in total. The normalized spacial score (nSPS) is 28.8. The highest BCUT2D eigenvalue weighted by Gasteiger charge is 2.24. The predicted octanol–water partition coefficient (Wildman–Crippen LogP) is 0.490. The van der Waals surface area contributed by atoms with Crippen molar-refractivity contribution in [2.24, 2.45) is 0 Å². The van der Waals surface area contributed by atoms with Crippen molar-refractivity contribution in [3.8, 4) is 0 Å². The van der Waals surface area contributed by atoms with E-state index in [1.54, 1.807) is 0 Å². The van der Waals surface area contributed by atoms with E-state index in [1.807, 2.05) is 0 Å². The van der Waals surface area contributed by atoms with Gasteiger partial charge in [-0.05, 0) is 38.8 Å². The van der Waals surface area contributed by atoms with Gasteiger partial charge in [0.25, 0.3) is 0 Å². The zero-order valence-electron chi connectivity index (χ0n) is 6.40. The second kappa shape index (κ2) is 2.89. The predicted molar refractivity (Wildman–Crippen MR) is 42.0 cm³/mol. The molecule has 0 radical (unpaired) electrons. The fraction of sp³-hybridized carbons (Fsp3) is 1.00. The summed E-state index contributed by atoms with van der Waals surface area (Å²) in [4.78, 5) is 0. The highest BCUT2D eigenvalue weighted by atomic mass is 15.0. The molecule has 0 atom stereocenters. The molecule has 0 bridgehead atoms. The summed E-state index contributed by atoms with van der Waals surface area (Å²) < 4.78 is 0. The number of rotatable bonds is 2. The van der Waals surface area contributed by atoms with Gasteiger partial charge in [-0.25, -0.2) is 0 Å². The molecule has 10 heavy (non-hydrogen) atoms. The number of hydrogen-bond acceptors (Lipinski definition) is 2. The van der Waals surface area contributed by atoms with Crippen molar-refractivity contribution in [2.45, 2.75) is 37.8 Å². The van der Waals surface area contributed by atoms with Gasteiger partial charge in [0.2, 0.25) is 0 Å². The fourth-order valence-electron chi connectivity index (χ4n) is 1.57. The lowest BCUT2D eigenvalue weighted by molar-refractivity contribution is 0.385.